The first-order valence-electron chi connectivity index (χ1n) is 3.87. The first kappa shape index (κ1) is 11.3. The average Bonchev–Trinajstić information content (AvgIpc) is 2.02. The van der Waals surface area contributed by atoms with E-state index in [0.29, 0.717) is 18.5 Å². The summed E-state index contributed by atoms with van der Waals surface area (Å²) in [6.45, 7) is 0.351. The van der Waals surface area contributed by atoms with Crippen LogP contribution in [0.1, 0.15) is 11.3 Å². The molecule has 0 unspecified atom stereocenters. The van der Waals surface area contributed by atoms with Crippen LogP contribution >= 0.6 is 11.6 Å². The van der Waals surface area contributed by atoms with Crippen LogP contribution in [-0.4, -0.2) is 11.5 Å². The largest absolute Gasteiger partial charge is 0.434 e. The lowest BCUT2D eigenvalue weighted by atomic mass is 10.2. The minimum absolute atomic E-state index is 0.351. The van der Waals surface area contributed by atoms with E-state index in [4.69, 9.17) is 17.3 Å². The predicted molar refractivity (Wildman–Crippen MR) is 47.0 cm³/mol. The molecule has 0 amide bonds. The average molecular weight is 225 g/mol. The van der Waals surface area contributed by atoms with E-state index in [1.54, 1.807) is 0 Å². The smallest absolute Gasteiger partial charge is 0.330 e. The van der Waals surface area contributed by atoms with Crippen molar-refractivity contribution in [1.82, 2.24) is 4.98 Å². The van der Waals surface area contributed by atoms with Gasteiger partial charge in [0, 0.05) is 6.20 Å². The van der Waals surface area contributed by atoms with Crippen LogP contribution in [0.4, 0.5) is 13.2 Å². The fraction of sp³-hybridized carbons (Fsp3) is 0.375. The Hall–Kier alpha value is -0.810. The third-order valence-electron chi connectivity index (χ3n) is 1.60. The molecule has 2 N–H and O–H groups in total. The molecule has 0 saturated heterocycles. The Morgan fingerprint density at radius 2 is 2.07 bits per heavy atom. The number of nitrogens with two attached hydrogens (primary N) is 1. The molecule has 0 aliphatic carbocycles. The van der Waals surface area contributed by atoms with Gasteiger partial charge in [-0.1, -0.05) is 11.6 Å². The predicted octanol–water partition coefficient (Wildman–Crippen LogP) is 2.25. The minimum atomic E-state index is -4.50. The van der Waals surface area contributed by atoms with Gasteiger partial charge in [0.25, 0.3) is 0 Å². The second kappa shape index (κ2) is 4.14. The Kier molecular flexibility index (Phi) is 3.34. The number of nitrogens with zero attached hydrogens (tertiary/aromatic N) is 1. The van der Waals surface area contributed by atoms with Gasteiger partial charge in [0.1, 0.15) is 0 Å². The summed E-state index contributed by atoms with van der Waals surface area (Å²) in [5.74, 6) is 0. The summed E-state index contributed by atoms with van der Waals surface area (Å²) < 4.78 is 36.6. The summed E-state index contributed by atoms with van der Waals surface area (Å²) in [6.07, 6.45) is -2.90. The van der Waals surface area contributed by atoms with Crippen LogP contribution in [0.5, 0.6) is 0 Å². The molecule has 1 aromatic heterocycles. The minimum Gasteiger partial charge on any atom is -0.330 e. The SMILES string of the molecule is NCCc1cnc(C(F)(F)F)c(Cl)c1. The van der Waals surface area contributed by atoms with Crippen molar-refractivity contribution in [2.24, 2.45) is 5.73 Å². The van der Waals surface area contributed by atoms with Crippen molar-refractivity contribution in [3.63, 3.8) is 0 Å². The summed E-state index contributed by atoms with van der Waals surface area (Å²) in [5.41, 5.74) is 4.79. The summed E-state index contributed by atoms with van der Waals surface area (Å²) >= 11 is 5.43. The van der Waals surface area contributed by atoms with Crippen molar-refractivity contribution in [1.29, 1.82) is 0 Å². The molecule has 0 fully saturated rings. The van der Waals surface area contributed by atoms with Crippen LogP contribution in [-0.2, 0) is 12.6 Å². The molecule has 2 nitrogen and oxygen atoms in total. The van der Waals surface area contributed by atoms with E-state index in [-0.39, 0.29) is 5.02 Å². The van der Waals surface area contributed by atoms with E-state index in [1.165, 1.54) is 6.07 Å². The molecule has 14 heavy (non-hydrogen) atoms. The molecule has 0 atom stereocenters. The molecule has 0 radical (unpaired) electrons. The fourth-order valence-electron chi connectivity index (χ4n) is 0.990. The van der Waals surface area contributed by atoms with E-state index in [9.17, 15) is 13.2 Å². The number of alkyl halides is 3. The maximum atomic E-state index is 12.2. The molecule has 0 spiro atoms. The first-order chi connectivity index (χ1) is 6.45. The zero-order valence-corrected chi connectivity index (χ0v) is 7.86. The second-order valence-electron chi connectivity index (χ2n) is 2.71. The van der Waals surface area contributed by atoms with Crippen LogP contribution in [0.3, 0.4) is 0 Å². The maximum Gasteiger partial charge on any atom is 0.434 e. The fourth-order valence-corrected chi connectivity index (χ4v) is 1.29. The molecule has 6 heteroatoms. The molecule has 1 rings (SSSR count). The molecular weight excluding hydrogens is 217 g/mol. The summed E-state index contributed by atoms with van der Waals surface area (Å²) in [6, 6.07) is 1.24. The van der Waals surface area contributed by atoms with Gasteiger partial charge in [0.2, 0.25) is 0 Å². The van der Waals surface area contributed by atoms with Crippen molar-refractivity contribution in [3.05, 3.63) is 28.5 Å². The van der Waals surface area contributed by atoms with E-state index >= 15 is 0 Å². The van der Waals surface area contributed by atoms with Crippen molar-refractivity contribution in [2.45, 2.75) is 12.6 Å². The van der Waals surface area contributed by atoms with Gasteiger partial charge < -0.3 is 5.73 Å². The third-order valence-corrected chi connectivity index (χ3v) is 1.89. The van der Waals surface area contributed by atoms with Crippen molar-refractivity contribution in [2.75, 3.05) is 6.54 Å². The highest BCUT2D eigenvalue weighted by Gasteiger charge is 2.35. The van der Waals surface area contributed by atoms with Gasteiger partial charge in [-0.3, -0.25) is 4.98 Å². The Balaban J connectivity index is 3.02. The van der Waals surface area contributed by atoms with Gasteiger partial charge in [0.15, 0.2) is 5.69 Å². The molecule has 0 aromatic carbocycles. The normalized spacial score (nSPS) is 11.8. The van der Waals surface area contributed by atoms with E-state index in [0.717, 1.165) is 6.20 Å². The summed E-state index contributed by atoms with van der Waals surface area (Å²) in [5, 5.41) is -0.386. The number of halogens is 4. The Bertz CT molecular complexity index is 325. The van der Waals surface area contributed by atoms with Crippen LogP contribution in [0.25, 0.3) is 0 Å². The van der Waals surface area contributed by atoms with Crippen molar-refractivity contribution in [3.8, 4) is 0 Å². The van der Waals surface area contributed by atoms with Gasteiger partial charge in [-0.25, -0.2) is 0 Å². The van der Waals surface area contributed by atoms with Crippen molar-refractivity contribution < 1.29 is 13.2 Å². The van der Waals surface area contributed by atoms with Crippen LogP contribution in [0.15, 0.2) is 12.3 Å². The third kappa shape index (κ3) is 2.59. The maximum absolute atomic E-state index is 12.2. The van der Waals surface area contributed by atoms with Crippen LogP contribution in [0, 0.1) is 0 Å². The quantitative estimate of drug-likeness (QED) is 0.837. The highest BCUT2D eigenvalue weighted by Crippen LogP contribution is 2.32. The Morgan fingerprint density at radius 3 is 2.50 bits per heavy atom. The number of rotatable bonds is 2. The number of pyridine rings is 1. The second-order valence-corrected chi connectivity index (χ2v) is 3.12. The molecule has 0 aliphatic rings. The highest BCUT2D eigenvalue weighted by molar-refractivity contribution is 6.31. The van der Waals surface area contributed by atoms with E-state index in [2.05, 4.69) is 4.98 Å². The van der Waals surface area contributed by atoms with Crippen LogP contribution < -0.4 is 5.73 Å². The molecular formula is C8H8ClF3N2. The van der Waals surface area contributed by atoms with Gasteiger partial charge in [-0.2, -0.15) is 13.2 Å². The number of aromatic nitrogens is 1. The van der Waals surface area contributed by atoms with Gasteiger partial charge in [0.05, 0.1) is 5.02 Å². The first-order valence-corrected chi connectivity index (χ1v) is 4.24. The zero-order chi connectivity index (χ0) is 10.8. The molecule has 0 aliphatic heterocycles. The van der Waals surface area contributed by atoms with Crippen molar-refractivity contribution >= 4 is 11.6 Å². The van der Waals surface area contributed by atoms with Gasteiger partial charge >= 0.3 is 6.18 Å². The monoisotopic (exact) mass is 224 g/mol. The Labute approximate surface area is 83.9 Å². The lowest BCUT2D eigenvalue weighted by molar-refractivity contribution is -0.141. The molecule has 0 saturated carbocycles. The van der Waals surface area contributed by atoms with Gasteiger partial charge in [-0.05, 0) is 24.6 Å². The molecule has 1 heterocycles. The zero-order valence-electron chi connectivity index (χ0n) is 7.11. The van der Waals surface area contributed by atoms with E-state index < -0.39 is 11.9 Å². The van der Waals surface area contributed by atoms with Gasteiger partial charge in [-0.15, -0.1) is 0 Å². The molecule has 0 bridgehead atoms. The Morgan fingerprint density at radius 1 is 1.43 bits per heavy atom. The lowest BCUT2D eigenvalue weighted by Crippen LogP contribution is -2.10. The molecule has 1 aromatic rings. The highest BCUT2D eigenvalue weighted by atomic mass is 35.5. The van der Waals surface area contributed by atoms with E-state index in [1.807, 2.05) is 0 Å². The number of hydrogen-bond acceptors (Lipinski definition) is 2. The number of hydrogen-bond donors (Lipinski definition) is 1. The topological polar surface area (TPSA) is 38.9 Å². The standard InChI is InChI=1S/C8H8ClF3N2/c9-6-3-5(1-2-13)4-14-7(6)8(10,11)12/h3-4H,1-2,13H2. The molecule has 78 valence electrons. The lowest BCUT2D eigenvalue weighted by Gasteiger charge is -2.08. The van der Waals surface area contributed by atoms with Crippen LogP contribution in [0.2, 0.25) is 5.02 Å². The summed E-state index contributed by atoms with van der Waals surface area (Å²) in [4.78, 5) is 3.26. The summed E-state index contributed by atoms with van der Waals surface area (Å²) in [7, 11) is 0.